The zero-order valence-electron chi connectivity index (χ0n) is 19.5. The highest BCUT2D eigenvalue weighted by molar-refractivity contribution is 9.10. The number of benzene rings is 2. The van der Waals surface area contributed by atoms with Gasteiger partial charge in [0.05, 0.1) is 27.6 Å². The zero-order chi connectivity index (χ0) is 25.4. The van der Waals surface area contributed by atoms with E-state index in [1.165, 1.54) is 16.9 Å². The molecule has 0 spiro atoms. The Bertz CT molecular complexity index is 1710. The molecule has 0 aliphatic carbocycles. The molecule has 0 radical (unpaired) electrons. The van der Waals surface area contributed by atoms with Crippen LogP contribution in [0.3, 0.4) is 0 Å². The van der Waals surface area contributed by atoms with Gasteiger partial charge in [-0.2, -0.15) is 9.78 Å². The minimum absolute atomic E-state index is 0.0218. The second kappa shape index (κ2) is 9.46. The first kappa shape index (κ1) is 23.6. The van der Waals surface area contributed by atoms with Crippen molar-refractivity contribution in [3.63, 3.8) is 0 Å². The van der Waals surface area contributed by atoms with E-state index in [1.807, 2.05) is 61.0 Å². The van der Waals surface area contributed by atoms with Crippen LogP contribution in [0.15, 0.2) is 81.4 Å². The Morgan fingerprint density at radius 3 is 2.69 bits per heavy atom. The summed E-state index contributed by atoms with van der Waals surface area (Å²) in [6.45, 7) is 4.06. The van der Waals surface area contributed by atoms with Gasteiger partial charge < -0.3 is 4.57 Å². The summed E-state index contributed by atoms with van der Waals surface area (Å²) in [5.41, 5.74) is 1.93. The molecule has 0 aliphatic rings. The van der Waals surface area contributed by atoms with Crippen molar-refractivity contribution in [3.8, 4) is 5.82 Å². The first-order valence-corrected chi connectivity index (χ1v) is 12.1. The third-order valence-corrected chi connectivity index (χ3v) is 6.62. The van der Waals surface area contributed by atoms with Crippen LogP contribution in [0, 0.1) is 10.1 Å². The predicted molar refractivity (Wildman–Crippen MR) is 143 cm³/mol. The first-order valence-electron chi connectivity index (χ1n) is 11.3. The molecule has 180 valence electrons. The molecule has 3 aromatic heterocycles. The summed E-state index contributed by atoms with van der Waals surface area (Å²) in [4.78, 5) is 33.0. The maximum atomic E-state index is 13.4. The SMILES string of the molecule is CC[C@@H](C)c1nc2ccc(Br)cc2c(=O)n1N=Cc1cn(-c2ccc([N+](=O)[O-])cn2)c2ccccc12. The molecule has 0 N–H and O–H groups in total. The molecule has 9 nitrogen and oxygen atoms in total. The van der Waals surface area contributed by atoms with Crippen LogP contribution in [-0.4, -0.2) is 30.3 Å². The Morgan fingerprint density at radius 1 is 1.17 bits per heavy atom. The highest BCUT2D eigenvalue weighted by atomic mass is 79.9. The molecular weight excluding hydrogens is 524 g/mol. The van der Waals surface area contributed by atoms with E-state index in [0.29, 0.717) is 22.5 Å². The van der Waals surface area contributed by atoms with Gasteiger partial charge in [0.2, 0.25) is 0 Å². The lowest BCUT2D eigenvalue weighted by Crippen LogP contribution is -2.23. The molecule has 2 aromatic carbocycles. The topological polar surface area (TPSA) is 108 Å². The molecule has 3 heterocycles. The van der Waals surface area contributed by atoms with Gasteiger partial charge in [-0.1, -0.05) is 48.0 Å². The molecule has 0 amide bonds. The van der Waals surface area contributed by atoms with Crippen LogP contribution in [0.25, 0.3) is 27.6 Å². The van der Waals surface area contributed by atoms with Crippen LogP contribution >= 0.6 is 15.9 Å². The van der Waals surface area contributed by atoms with E-state index in [2.05, 4.69) is 26.0 Å². The molecular formula is C26H21BrN6O3. The average molecular weight is 545 g/mol. The van der Waals surface area contributed by atoms with Gasteiger partial charge in [-0.3, -0.25) is 14.9 Å². The molecule has 0 bridgehead atoms. The third kappa shape index (κ3) is 4.20. The lowest BCUT2D eigenvalue weighted by molar-refractivity contribution is -0.385. The second-order valence-electron chi connectivity index (χ2n) is 8.41. The van der Waals surface area contributed by atoms with Gasteiger partial charge >= 0.3 is 0 Å². The Morgan fingerprint density at radius 2 is 1.97 bits per heavy atom. The van der Waals surface area contributed by atoms with Gasteiger partial charge in [0.25, 0.3) is 11.2 Å². The van der Waals surface area contributed by atoms with Gasteiger partial charge in [0.15, 0.2) is 0 Å². The average Bonchev–Trinajstić information content (AvgIpc) is 3.26. The minimum Gasteiger partial charge on any atom is -0.301 e. The van der Waals surface area contributed by atoms with Crippen LogP contribution in [-0.2, 0) is 0 Å². The number of hydrogen-bond donors (Lipinski definition) is 0. The fourth-order valence-corrected chi connectivity index (χ4v) is 4.39. The van der Waals surface area contributed by atoms with Crippen LogP contribution in [0.1, 0.15) is 37.6 Å². The number of aromatic nitrogens is 4. The lowest BCUT2D eigenvalue weighted by atomic mass is 10.1. The molecule has 36 heavy (non-hydrogen) atoms. The monoisotopic (exact) mass is 544 g/mol. The number of pyridine rings is 1. The van der Waals surface area contributed by atoms with E-state index in [-0.39, 0.29) is 17.2 Å². The molecule has 5 aromatic rings. The van der Waals surface area contributed by atoms with E-state index in [0.717, 1.165) is 27.4 Å². The summed E-state index contributed by atoms with van der Waals surface area (Å²) >= 11 is 3.43. The fourth-order valence-electron chi connectivity index (χ4n) is 4.03. The van der Waals surface area contributed by atoms with Crippen molar-refractivity contribution in [3.05, 3.63) is 103 Å². The fraction of sp³-hybridized carbons (Fsp3) is 0.154. The summed E-state index contributed by atoms with van der Waals surface area (Å²) in [7, 11) is 0. The van der Waals surface area contributed by atoms with Crippen molar-refractivity contribution in [2.45, 2.75) is 26.2 Å². The maximum Gasteiger partial charge on any atom is 0.287 e. The van der Waals surface area contributed by atoms with E-state index in [9.17, 15) is 14.9 Å². The van der Waals surface area contributed by atoms with Crippen LogP contribution < -0.4 is 5.56 Å². The minimum atomic E-state index is -0.481. The number of nitrogens with zero attached hydrogens (tertiary/aromatic N) is 6. The molecule has 0 saturated heterocycles. The maximum absolute atomic E-state index is 13.4. The van der Waals surface area contributed by atoms with E-state index in [1.54, 1.807) is 18.3 Å². The Hall–Kier alpha value is -4.18. The summed E-state index contributed by atoms with van der Waals surface area (Å²) in [6.07, 6.45) is 5.52. The molecule has 0 fully saturated rings. The van der Waals surface area contributed by atoms with Crippen molar-refractivity contribution in [1.29, 1.82) is 0 Å². The number of halogens is 1. The second-order valence-corrected chi connectivity index (χ2v) is 9.32. The van der Waals surface area contributed by atoms with E-state index in [4.69, 9.17) is 4.98 Å². The van der Waals surface area contributed by atoms with Gasteiger partial charge in [-0.05, 0) is 36.8 Å². The van der Waals surface area contributed by atoms with Crippen molar-refractivity contribution >= 4 is 49.6 Å². The van der Waals surface area contributed by atoms with Crippen LogP contribution in [0.5, 0.6) is 0 Å². The van der Waals surface area contributed by atoms with E-state index >= 15 is 0 Å². The van der Waals surface area contributed by atoms with Gasteiger partial charge in [0, 0.05) is 33.6 Å². The number of nitro groups is 1. The Kier molecular flexibility index (Phi) is 6.19. The molecule has 0 saturated carbocycles. The highest BCUT2D eigenvalue weighted by Gasteiger charge is 2.16. The molecule has 1 atom stereocenters. The van der Waals surface area contributed by atoms with Crippen molar-refractivity contribution in [2.24, 2.45) is 5.10 Å². The Labute approximate surface area is 214 Å². The van der Waals surface area contributed by atoms with Gasteiger partial charge in [0.1, 0.15) is 17.8 Å². The van der Waals surface area contributed by atoms with Crippen molar-refractivity contribution < 1.29 is 4.92 Å². The quantitative estimate of drug-likeness (QED) is 0.152. The van der Waals surface area contributed by atoms with Crippen molar-refractivity contribution in [2.75, 3.05) is 0 Å². The number of fused-ring (bicyclic) bond motifs is 2. The normalized spacial score (nSPS) is 12.5. The number of para-hydroxylation sites is 1. The first-order chi connectivity index (χ1) is 17.4. The third-order valence-electron chi connectivity index (χ3n) is 6.13. The van der Waals surface area contributed by atoms with Gasteiger partial charge in [-0.25, -0.2) is 9.97 Å². The van der Waals surface area contributed by atoms with Crippen LogP contribution in [0.4, 0.5) is 5.69 Å². The number of rotatable bonds is 6. The summed E-state index contributed by atoms with van der Waals surface area (Å²) in [5, 5.41) is 17.0. The zero-order valence-corrected chi connectivity index (χ0v) is 21.1. The summed E-state index contributed by atoms with van der Waals surface area (Å²) in [6, 6.07) is 16.2. The molecule has 10 heteroatoms. The smallest absolute Gasteiger partial charge is 0.287 e. The van der Waals surface area contributed by atoms with Crippen molar-refractivity contribution in [1.82, 2.24) is 19.2 Å². The molecule has 5 rings (SSSR count). The largest absolute Gasteiger partial charge is 0.301 e. The summed E-state index contributed by atoms with van der Waals surface area (Å²) in [5.74, 6) is 1.15. The van der Waals surface area contributed by atoms with Gasteiger partial charge in [-0.15, -0.1) is 0 Å². The van der Waals surface area contributed by atoms with Crippen LogP contribution in [0.2, 0.25) is 0 Å². The summed E-state index contributed by atoms with van der Waals surface area (Å²) < 4.78 is 4.01. The molecule has 0 unspecified atom stereocenters. The Balaban J connectivity index is 1.66. The predicted octanol–water partition coefficient (Wildman–Crippen LogP) is 5.80. The standard InChI is InChI=1S/C26H21BrN6O3/c1-3-16(2)25-30-22-10-8-18(27)12-21(22)26(34)32(25)29-13-17-15-31(23-7-5-4-6-20(17)23)24-11-9-19(14-28-24)33(35)36/h4-16H,3H2,1-2H3/t16-/m1/s1. The highest BCUT2D eigenvalue weighted by Crippen LogP contribution is 2.25. The molecule has 0 aliphatic heterocycles. The number of hydrogen-bond acceptors (Lipinski definition) is 6. The lowest BCUT2D eigenvalue weighted by Gasteiger charge is -2.13. The van der Waals surface area contributed by atoms with E-state index < -0.39 is 4.92 Å².